The third-order valence-electron chi connectivity index (χ3n) is 2.65. The lowest BCUT2D eigenvalue weighted by Crippen LogP contribution is -1.85. The minimum absolute atomic E-state index is 0.842. The first-order valence-corrected chi connectivity index (χ1v) is 7.17. The molecule has 0 saturated heterocycles. The van der Waals surface area contributed by atoms with Gasteiger partial charge in [-0.05, 0) is 12.8 Å². The first-order valence-electron chi connectivity index (χ1n) is 7.17. The number of carbonyl (C=O) groups is 1. The van der Waals surface area contributed by atoms with E-state index in [4.69, 9.17) is 5.11 Å². The molecule has 0 aliphatic rings. The van der Waals surface area contributed by atoms with Crippen molar-refractivity contribution in [1.29, 1.82) is 0 Å². The molecule has 1 rings (SSSR count). The Bertz CT molecular complexity index is 291. The molecule has 2 heteroatoms. The summed E-state index contributed by atoms with van der Waals surface area (Å²) >= 11 is 0. The number of carboxylic acids is 1. The molecule has 19 heavy (non-hydrogen) atoms. The molecule has 0 atom stereocenters. The van der Waals surface area contributed by atoms with E-state index in [-0.39, 0.29) is 0 Å². The van der Waals surface area contributed by atoms with E-state index in [1.54, 1.807) is 6.08 Å². The first kappa shape index (κ1) is 17.4. The van der Waals surface area contributed by atoms with Gasteiger partial charge in [0, 0.05) is 6.08 Å². The molecule has 0 bridgehead atoms. The Kier molecular flexibility index (Phi) is 13.3. The monoisotopic (exact) mass is 262 g/mol. The van der Waals surface area contributed by atoms with Crippen LogP contribution in [-0.2, 0) is 4.79 Å². The van der Waals surface area contributed by atoms with Crippen molar-refractivity contribution < 1.29 is 9.90 Å². The molecule has 0 aliphatic carbocycles. The van der Waals surface area contributed by atoms with Gasteiger partial charge in [-0.1, -0.05) is 81.5 Å². The van der Waals surface area contributed by atoms with E-state index in [9.17, 15) is 4.79 Å². The average molecular weight is 262 g/mol. The highest BCUT2D eigenvalue weighted by atomic mass is 16.4. The van der Waals surface area contributed by atoms with Crippen LogP contribution in [0.25, 0.3) is 0 Å². The fourth-order valence-corrected chi connectivity index (χ4v) is 1.61. The van der Waals surface area contributed by atoms with E-state index < -0.39 is 5.97 Å². The molecule has 0 fully saturated rings. The first-order chi connectivity index (χ1) is 9.27. The maximum atomic E-state index is 10.1. The zero-order valence-corrected chi connectivity index (χ0v) is 11.9. The summed E-state index contributed by atoms with van der Waals surface area (Å²) in [5, 5.41) is 8.30. The van der Waals surface area contributed by atoms with Crippen molar-refractivity contribution in [3.63, 3.8) is 0 Å². The predicted molar refractivity (Wildman–Crippen MR) is 81.2 cm³/mol. The van der Waals surface area contributed by atoms with Crippen molar-refractivity contribution in [2.75, 3.05) is 0 Å². The lowest BCUT2D eigenvalue weighted by molar-refractivity contribution is -0.131. The topological polar surface area (TPSA) is 37.3 Å². The minimum atomic E-state index is -0.842. The van der Waals surface area contributed by atoms with Gasteiger partial charge in [0.15, 0.2) is 0 Å². The summed E-state index contributed by atoms with van der Waals surface area (Å²) < 4.78 is 0. The zero-order valence-electron chi connectivity index (χ0n) is 11.9. The summed E-state index contributed by atoms with van der Waals surface area (Å²) in [6.07, 6.45) is 11.4. The quantitative estimate of drug-likeness (QED) is 0.525. The predicted octanol–water partition coefficient (Wildman–Crippen LogP) is 5.06. The van der Waals surface area contributed by atoms with E-state index >= 15 is 0 Å². The number of allylic oxidation sites excluding steroid dienone is 1. The summed E-state index contributed by atoms with van der Waals surface area (Å²) in [6, 6.07) is 12.0. The van der Waals surface area contributed by atoms with Gasteiger partial charge in [-0.25, -0.2) is 4.79 Å². The second kappa shape index (κ2) is 14.5. The van der Waals surface area contributed by atoms with Crippen LogP contribution in [0.2, 0.25) is 0 Å². The number of rotatable bonds is 8. The highest BCUT2D eigenvalue weighted by Gasteiger charge is 1.89. The van der Waals surface area contributed by atoms with Crippen LogP contribution in [0.5, 0.6) is 0 Å². The normalized spacial score (nSPS) is 9.95. The largest absolute Gasteiger partial charge is 0.478 e. The number of carboxylic acid groups (broad SMARTS) is 1. The molecule has 0 unspecified atom stereocenters. The van der Waals surface area contributed by atoms with E-state index in [1.165, 1.54) is 38.2 Å². The van der Waals surface area contributed by atoms with Crippen LogP contribution in [0.1, 0.15) is 51.9 Å². The van der Waals surface area contributed by atoms with Gasteiger partial charge in [0.25, 0.3) is 0 Å². The van der Waals surface area contributed by atoms with Crippen LogP contribution in [0.4, 0.5) is 0 Å². The van der Waals surface area contributed by atoms with Gasteiger partial charge < -0.3 is 5.11 Å². The lowest BCUT2D eigenvalue weighted by atomic mass is 10.1. The molecule has 0 amide bonds. The molecule has 2 nitrogen and oxygen atoms in total. The Hall–Kier alpha value is -1.57. The Balaban J connectivity index is 0.000000443. The highest BCUT2D eigenvalue weighted by Crippen LogP contribution is 2.06. The van der Waals surface area contributed by atoms with E-state index in [0.29, 0.717) is 0 Å². The molecule has 106 valence electrons. The van der Waals surface area contributed by atoms with Crippen molar-refractivity contribution in [2.45, 2.75) is 51.9 Å². The SMILES string of the molecule is CCCCCCCCC=CC(=O)O.c1ccccc1. The Morgan fingerprint density at radius 3 is 1.84 bits per heavy atom. The van der Waals surface area contributed by atoms with Gasteiger partial charge in [-0.2, -0.15) is 0 Å². The van der Waals surface area contributed by atoms with Crippen molar-refractivity contribution in [2.24, 2.45) is 0 Å². The third-order valence-corrected chi connectivity index (χ3v) is 2.65. The van der Waals surface area contributed by atoms with Crippen molar-refractivity contribution in [3.05, 3.63) is 48.6 Å². The summed E-state index contributed by atoms with van der Waals surface area (Å²) in [5.74, 6) is -0.842. The van der Waals surface area contributed by atoms with Gasteiger partial charge in [0.05, 0.1) is 0 Å². The smallest absolute Gasteiger partial charge is 0.327 e. The molecular formula is C17H26O2. The maximum absolute atomic E-state index is 10.1. The van der Waals surface area contributed by atoms with Gasteiger partial charge in [-0.3, -0.25) is 0 Å². The summed E-state index contributed by atoms with van der Waals surface area (Å²) in [4.78, 5) is 10.1. The lowest BCUT2D eigenvalue weighted by Gasteiger charge is -1.96. The molecule has 0 aliphatic heterocycles. The molecule has 0 saturated carbocycles. The summed E-state index contributed by atoms with van der Waals surface area (Å²) in [7, 11) is 0. The van der Waals surface area contributed by atoms with E-state index in [1.807, 2.05) is 36.4 Å². The number of benzene rings is 1. The van der Waals surface area contributed by atoms with Gasteiger partial charge in [0.2, 0.25) is 0 Å². The number of hydrogen-bond acceptors (Lipinski definition) is 1. The van der Waals surface area contributed by atoms with E-state index in [2.05, 4.69) is 6.92 Å². The van der Waals surface area contributed by atoms with Gasteiger partial charge >= 0.3 is 5.97 Å². The molecule has 0 aromatic heterocycles. The van der Waals surface area contributed by atoms with Crippen molar-refractivity contribution in [3.8, 4) is 0 Å². The Morgan fingerprint density at radius 2 is 1.37 bits per heavy atom. The second-order valence-electron chi connectivity index (χ2n) is 4.45. The molecule has 0 heterocycles. The minimum Gasteiger partial charge on any atom is -0.478 e. The Labute approximate surface area is 117 Å². The molecular weight excluding hydrogens is 236 g/mol. The highest BCUT2D eigenvalue weighted by molar-refractivity contribution is 5.79. The van der Waals surface area contributed by atoms with Crippen LogP contribution in [0.15, 0.2) is 48.6 Å². The number of unbranched alkanes of at least 4 members (excludes halogenated alkanes) is 6. The number of aliphatic carboxylic acids is 1. The Morgan fingerprint density at radius 1 is 0.895 bits per heavy atom. The summed E-state index contributed by atoms with van der Waals surface area (Å²) in [6.45, 7) is 2.20. The molecule has 0 radical (unpaired) electrons. The second-order valence-corrected chi connectivity index (χ2v) is 4.45. The fourth-order valence-electron chi connectivity index (χ4n) is 1.61. The molecule has 1 aromatic carbocycles. The van der Waals surface area contributed by atoms with Gasteiger partial charge in [0.1, 0.15) is 0 Å². The van der Waals surface area contributed by atoms with Gasteiger partial charge in [-0.15, -0.1) is 0 Å². The third kappa shape index (κ3) is 16.4. The fraction of sp³-hybridized carbons (Fsp3) is 0.471. The van der Waals surface area contributed by atoms with Crippen LogP contribution in [-0.4, -0.2) is 11.1 Å². The molecule has 0 spiro atoms. The number of hydrogen-bond donors (Lipinski definition) is 1. The van der Waals surface area contributed by atoms with E-state index in [0.717, 1.165) is 12.8 Å². The standard InChI is InChI=1S/C11H20O2.C6H6/c1-2-3-4-5-6-7-8-9-10-11(12)13;1-2-4-6-5-3-1/h9-10H,2-8H2,1H3,(H,12,13);1-6H. The van der Waals surface area contributed by atoms with Crippen LogP contribution in [0.3, 0.4) is 0 Å². The summed E-state index contributed by atoms with van der Waals surface area (Å²) in [5.41, 5.74) is 0. The van der Waals surface area contributed by atoms with Crippen molar-refractivity contribution >= 4 is 5.97 Å². The average Bonchev–Trinajstić information content (AvgIpc) is 2.44. The van der Waals surface area contributed by atoms with Crippen LogP contribution < -0.4 is 0 Å². The zero-order chi connectivity index (χ0) is 14.2. The van der Waals surface area contributed by atoms with Crippen LogP contribution >= 0.6 is 0 Å². The molecule has 1 N–H and O–H groups in total. The van der Waals surface area contributed by atoms with Crippen LogP contribution in [0, 0.1) is 0 Å². The van der Waals surface area contributed by atoms with Crippen molar-refractivity contribution in [1.82, 2.24) is 0 Å². The maximum Gasteiger partial charge on any atom is 0.327 e. The molecule has 1 aromatic rings.